The van der Waals surface area contributed by atoms with Crippen LogP contribution in [0.1, 0.15) is 38.7 Å². The van der Waals surface area contributed by atoms with Crippen molar-refractivity contribution in [3.63, 3.8) is 0 Å². The maximum Gasteiger partial charge on any atom is 0.221 e. The molecule has 1 amide bonds. The molecular weight excluding hydrogens is 190 g/mol. The van der Waals surface area contributed by atoms with E-state index in [1.807, 2.05) is 12.1 Å². The van der Waals surface area contributed by atoms with Crippen LogP contribution in [-0.2, 0) is 4.79 Å². The molecule has 15 heavy (non-hydrogen) atoms. The molecule has 0 spiro atoms. The van der Waals surface area contributed by atoms with Crippen molar-refractivity contribution in [2.24, 2.45) is 0 Å². The molecule has 1 aromatic rings. The summed E-state index contributed by atoms with van der Waals surface area (Å²) >= 11 is 0. The number of hydrogen-bond acceptors (Lipinski definition) is 2. The molecule has 0 aliphatic rings. The van der Waals surface area contributed by atoms with E-state index in [0.717, 1.165) is 12.0 Å². The van der Waals surface area contributed by atoms with Crippen molar-refractivity contribution < 1.29 is 9.90 Å². The Morgan fingerprint density at radius 2 is 2.20 bits per heavy atom. The van der Waals surface area contributed by atoms with Gasteiger partial charge in [0.05, 0.1) is 5.69 Å². The van der Waals surface area contributed by atoms with Gasteiger partial charge in [-0.05, 0) is 30.0 Å². The molecule has 1 unspecified atom stereocenters. The number of aromatic hydroxyl groups is 1. The normalized spacial score (nSPS) is 12.2. The number of phenolic OH excluding ortho intramolecular Hbond substituents is 1. The predicted octanol–water partition coefficient (Wildman–Crippen LogP) is 2.86. The summed E-state index contributed by atoms with van der Waals surface area (Å²) in [6, 6.07) is 5.33. The molecule has 0 saturated carbocycles. The first-order chi connectivity index (χ1) is 7.04. The lowest BCUT2D eigenvalue weighted by molar-refractivity contribution is -0.114. The second-order valence-corrected chi connectivity index (χ2v) is 3.77. The van der Waals surface area contributed by atoms with E-state index in [1.54, 1.807) is 6.07 Å². The van der Waals surface area contributed by atoms with E-state index in [2.05, 4.69) is 19.2 Å². The monoisotopic (exact) mass is 207 g/mol. The molecule has 3 nitrogen and oxygen atoms in total. The standard InChI is InChI=1S/C12H17NO2/c1-4-8(2)10-5-6-12(15)11(7-10)13-9(3)14/h5-8,15H,4H2,1-3H3,(H,13,14). The Bertz CT molecular complexity index is 361. The topological polar surface area (TPSA) is 49.3 Å². The van der Waals surface area contributed by atoms with Crippen molar-refractivity contribution in [3.8, 4) is 5.75 Å². The van der Waals surface area contributed by atoms with Gasteiger partial charge in [-0.1, -0.05) is 19.9 Å². The summed E-state index contributed by atoms with van der Waals surface area (Å²) in [6.45, 7) is 5.65. The summed E-state index contributed by atoms with van der Waals surface area (Å²) in [5, 5.41) is 12.1. The number of amides is 1. The fourth-order valence-corrected chi connectivity index (χ4v) is 1.39. The third-order valence-corrected chi connectivity index (χ3v) is 2.51. The van der Waals surface area contributed by atoms with Gasteiger partial charge < -0.3 is 10.4 Å². The molecule has 0 aliphatic carbocycles. The molecule has 0 radical (unpaired) electrons. The summed E-state index contributed by atoms with van der Waals surface area (Å²) in [5.74, 6) is 0.363. The van der Waals surface area contributed by atoms with E-state index in [9.17, 15) is 9.90 Å². The van der Waals surface area contributed by atoms with E-state index >= 15 is 0 Å². The summed E-state index contributed by atoms with van der Waals surface area (Å²) in [4.78, 5) is 10.9. The molecule has 3 heteroatoms. The lowest BCUT2D eigenvalue weighted by Crippen LogP contribution is -2.06. The molecule has 2 N–H and O–H groups in total. The van der Waals surface area contributed by atoms with Crippen LogP contribution in [0.4, 0.5) is 5.69 Å². The average Bonchev–Trinajstić information content (AvgIpc) is 2.19. The van der Waals surface area contributed by atoms with Crippen LogP contribution in [0.5, 0.6) is 5.75 Å². The van der Waals surface area contributed by atoms with Crippen LogP contribution < -0.4 is 5.32 Å². The highest BCUT2D eigenvalue weighted by Gasteiger charge is 2.08. The minimum atomic E-state index is -0.174. The zero-order chi connectivity index (χ0) is 11.4. The van der Waals surface area contributed by atoms with Gasteiger partial charge in [0.1, 0.15) is 5.75 Å². The Balaban J connectivity index is 2.99. The van der Waals surface area contributed by atoms with Crippen molar-refractivity contribution in [2.75, 3.05) is 5.32 Å². The Morgan fingerprint density at radius 1 is 1.53 bits per heavy atom. The number of carbonyl (C=O) groups excluding carboxylic acids is 1. The third-order valence-electron chi connectivity index (χ3n) is 2.51. The van der Waals surface area contributed by atoms with Crippen molar-refractivity contribution in [2.45, 2.75) is 33.1 Å². The number of nitrogens with one attached hydrogen (secondary N) is 1. The van der Waals surface area contributed by atoms with Crippen LogP contribution in [-0.4, -0.2) is 11.0 Å². The zero-order valence-electron chi connectivity index (χ0n) is 9.37. The van der Waals surface area contributed by atoms with Gasteiger partial charge in [-0.2, -0.15) is 0 Å². The fourth-order valence-electron chi connectivity index (χ4n) is 1.39. The largest absolute Gasteiger partial charge is 0.506 e. The Morgan fingerprint density at radius 3 is 2.73 bits per heavy atom. The van der Waals surface area contributed by atoms with Crippen LogP contribution >= 0.6 is 0 Å². The second kappa shape index (κ2) is 4.82. The number of phenols is 1. The van der Waals surface area contributed by atoms with Gasteiger partial charge in [0.25, 0.3) is 0 Å². The summed E-state index contributed by atoms with van der Waals surface area (Å²) in [6.07, 6.45) is 1.03. The smallest absolute Gasteiger partial charge is 0.221 e. The first kappa shape index (κ1) is 11.6. The van der Waals surface area contributed by atoms with Gasteiger partial charge in [-0.15, -0.1) is 0 Å². The van der Waals surface area contributed by atoms with Crippen LogP contribution in [0.15, 0.2) is 18.2 Å². The lowest BCUT2D eigenvalue weighted by atomic mass is 9.98. The molecule has 0 aromatic heterocycles. The summed E-state index contributed by atoms with van der Waals surface area (Å²) in [5.41, 5.74) is 1.61. The molecule has 0 saturated heterocycles. The van der Waals surface area contributed by atoms with Crippen LogP contribution in [0, 0.1) is 0 Å². The lowest BCUT2D eigenvalue weighted by Gasteiger charge is -2.12. The Kier molecular flexibility index (Phi) is 3.72. The molecule has 0 heterocycles. The van der Waals surface area contributed by atoms with Gasteiger partial charge in [0, 0.05) is 6.92 Å². The van der Waals surface area contributed by atoms with Gasteiger partial charge in [0.2, 0.25) is 5.91 Å². The number of carbonyl (C=O) groups is 1. The highest BCUT2D eigenvalue weighted by atomic mass is 16.3. The SMILES string of the molecule is CCC(C)c1ccc(O)c(NC(C)=O)c1. The van der Waals surface area contributed by atoms with E-state index < -0.39 is 0 Å². The van der Waals surface area contributed by atoms with Gasteiger partial charge in [-0.3, -0.25) is 4.79 Å². The molecule has 1 atom stereocenters. The van der Waals surface area contributed by atoms with Gasteiger partial charge in [0.15, 0.2) is 0 Å². The van der Waals surface area contributed by atoms with Crippen molar-refractivity contribution in [1.29, 1.82) is 0 Å². The molecule has 1 rings (SSSR count). The highest BCUT2D eigenvalue weighted by Crippen LogP contribution is 2.28. The molecular formula is C12H17NO2. The number of benzene rings is 1. The van der Waals surface area contributed by atoms with E-state index in [4.69, 9.17) is 0 Å². The average molecular weight is 207 g/mol. The van der Waals surface area contributed by atoms with Crippen LogP contribution in [0.2, 0.25) is 0 Å². The summed E-state index contributed by atoms with van der Waals surface area (Å²) < 4.78 is 0. The maximum atomic E-state index is 10.9. The fraction of sp³-hybridized carbons (Fsp3) is 0.417. The second-order valence-electron chi connectivity index (χ2n) is 3.77. The third kappa shape index (κ3) is 2.98. The molecule has 0 fully saturated rings. The predicted molar refractivity (Wildman–Crippen MR) is 61.1 cm³/mol. The first-order valence-electron chi connectivity index (χ1n) is 5.15. The van der Waals surface area contributed by atoms with E-state index in [0.29, 0.717) is 11.6 Å². The van der Waals surface area contributed by atoms with E-state index in [1.165, 1.54) is 6.92 Å². The number of rotatable bonds is 3. The van der Waals surface area contributed by atoms with Crippen molar-refractivity contribution in [1.82, 2.24) is 0 Å². The Hall–Kier alpha value is -1.51. The molecule has 0 aliphatic heterocycles. The first-order valence-corrected chi connectivity index (χ1v) is 5.15. The van der Waals surface area contributed by atoms with E-state index in [-0.39, 0.29) is 11.7 Å². The zero-order valence-corrected chi connectivity index (χ0v) is 9.37. The van der Waals surface area contributed by atoms with Crippen LogP contribution in [0.25, 0.3) is 0 Å². The Labute approximate surface area is 90.1 Å². The minimum absolute atomic E-state index is 0.109. The number of anilines is 1. The molecule has 82 valence electrons. The molecule has 0 bridgehead atoms. The summed E-state index contributed by atoms with van der Waals surface area (Å²) in [7, 11) is 0. The van der Waals surface area contributed by atoms with Crippen molar-refractivity contribution in [3.05, 3.63) is 23.8 Å². The van der Waals surface area contributed by atoms with Gasteiger partial charge in [-0.25, -0.2) is 0 Å². The minimum Gasteiger partial charge on any atom is -0.506 e. The van der Waals surface area contributed by atoms with Crippen molar-refractivity contribution >= 4 is 11.6 Å². The van der Waals surface area contributed by atoms with Crippen LogP contribution in [0.3, 0.4) is 0 Å². The molecule has 1 aromatic carbocycles. The maximum absolute atomic E-state index is 10.9. The number of hydrogen-bond donors (Lipinski definition) is 2. The van der Waals surface area contributed by atoms with Gasteiger partial charge >= 0.3 is 0 Å². The quantitative estimate of drug-likeness (QED) is 0.749. The highest BCUT2D eigenvalue weighted by molar-refractivity contribution is 5.90.